The molecule has 0 fully saturated rings. The Balaban J connectivity index is 1.39. The van der Waals surface area contributed by atoms with Gasteiger partial charge in [0.05, 0.1) is 11.0 Å². The molecule has 4 nitrogen and oxygen atoms in total. The third-order valence-corrected chi connectivity index (χ3v) is 6.11. The lowest BCUT2D eigenvalue weighted by Crippen LogP contribution is -2.32. The normalized spacial score (nSPS) is 19.0. The molecule has 1 N–H and O–H groups in total. The van der Waals surface area contributed by atoms with Crippen LogP contribution in [0.3, 0.4) is 0 Å². The fraction of sp³-hybridized carbons (Fsp3) is 0.300. The van der Waals surface area contributed by atoms with E-state index in [1.54, 1.807) is 0 Å². The second-order valence-corrected chi connectivity index (χ2v) is 7.60. The average molecular weight is 352 g/mol. The molecule has 0 bridgehead atoms. The van der Waals surface area contributed by atoms with Crippen LogP contribution in [-0.4, -0.2) is 29.4 Å². The molecule has 2 aliphatic heterocycles. The summed E-state index contributed by atoms with van der Waals surface area (Å²) in [7, 11) is 0. The molecule has 0 aromatic heterocycles. The van der Waals surface area contributed by atoms with Crippen LogP contribution in [0.1, 0.15) is 17.5 Å². The van der Waals surface area contributed by atoms with Crippen molar-refractivity contribution < 1.29 is 9.59 Å². The van der Waals surface area contributed by atoms with Crippen molar-refractivity contribution in [2.24, 2.45) is 0 Å². The number of carbonyl (C=O) groups is 2. The molecule has 0 radical (unpaired) electrons. The Morgan fingerprint density at radius 3 is 2.72 bits per heavy atom. The number of fused-ring (bicyclic) bond motifs is 2. The molecule has 1 unspecified atom stereocenters. The van der Waals surface area contributed by atoms with Gasteiger partial charge in [-0.2, -0.15) is 0 Å². The minimum Gasteiger partial charge on any atom is -0.325 e. The van der Waals surface area contributed by atoms with Crippen LogP contribution >= 0.6 is 11.8 Å². The van der Waals surface area contributed by atoms with Crippen molar-refractivity contribution in [2.75, 3.05) is 22.5 Å². The fourth-order valence-corrected chi connectivity index (χ4v) is 4.49. The first-order chi connectivity index (χ1) is 12.2. The molecule has 0 spiro atoms. The van der Waals surface area contributed by atoms with Gasteiger partial charge in [-0.15, -0.1) is 11.8 Å². The first-order valence-corrected chi connectivity index (χ1v) is 9.66. The quantitative estimate of drug-likeness (QED) is 0.922. The van der Waals surface area contributed by atoms with Crippen molar-refractivity contribution in [1.82, 2.24) is 0 Å². The van der Waals surface area contributed by atoms with Gasteiger partial charge in [0.1, 0.15) is 0 Å². The van der Waals surface area contributed by atoms with Crippen LogP contribution in [0.25, 0.3) is 0 Å². The van der Waals surface area contributed by atoms with Crippen LogP contribution in [0.4, 0.5) is 11.4 Å². The minimum absolute atomic E-state index is 0.00423. The molecule has 128 valence electrons. The van der Waals surface area contributed by atoms with Crippen molar-refractivity contribution in [1.29, 1.82) is 0 Å². The zero-order chi connectivity index (χ0) is 17.2. The summed E-state index contributed by atoms with van der Waals surface area (Å²) in [5.74, 6) is 0.428. The second-order valence-electron chi connectivity index (χ2n) is 6.41. The Morgan fingerprint density at radius 1 is 1.08 bits per heavy atom. The SMILES string of the molecule is O=C1Nc2ccccc2CCC1SCC(=O)N1CCc2ccccc21. The molecular formula is C20H20N2O2S. The topological polar surface area (TPSA) is 49.4 Å². The third-order valence-electron chi connectivity index (χ3n) is 4.84. The zero-order valence-electron chi connectivity index (χ0n) is 13.9. The predicted molar refractivity (Wildman–Crippen MR) is 102 cm³/mol. The molecule has 1 atom stereocenters. The Bertz CT molecular complexity index is 821. The fourth-order valence-electron chi connectivity index (χ4n) is 3.50. The summed E-state index contributed by atoms with van der Waals surface area (Å²) in [6.45, 7) is 0.737. The van der Waals surface area contributed by atoms with Crippen LogP contribution in [0.5, 0.6) is 0 Å². The highest BCUT2D eigenvalue weighted by atomic mass is 32.2. The van der Waals surface area contributed by atoms with E-state index in [2.05, 4.69) is 17.4 Å². The highest BCUT2D eigenvalue weighted by Crippen LogP contribution is 2.30. The molecule has 2 amide bonds. The first kappa shape index (κ1) is 16.2. The van der Waals surface area contributed by atoms with Crippen molar-refractivity contribution in [3.05, 3.63) is 59.7 Å². The van der Waals surface area contributed by atoms with E-state index in [-0.39, 0.29) is 17.1 Å². The number of nitrogens with one attached hydrogen (secondary N) is 1. The number of anilines is 2. The number of amides is 2. The molecule has 2 aromatic carbocycles. The van der Waals surface area contributed by atoms with Crippen molar-refractivity contribution >= 4 is 35.0 Å². The molecule has 0 saturated carbocycles. The second kappa shape index (κ2) is 6.92. The number of rotatable bonds is 3. The largest absolute Gasteiger partial charge is 0.325 e. The van der Waals surface area contributed by atoms with Crippen molar-refractivity contribution in [3.63, 3.8) is 0 Å². The van der Waals surface area contributed by atoms with Crippen LogP contribution in [0.15, 0.2) is 48.5 Å². The molecule has 4 rings (SSSR count). The average Bonchev–Trinajstić information content (AvgIpc) is 2.99. The standard InChI is InChI=1S/C20H20N2O2S/c23-19(22-12-11-15-6-2-4-8-17(15)22)13-25-18-10-9-14-5-1-3-7-16(14)21-20(18)24/h1-8,18H,9-13H2,(H,21,24). The van der Waals surface area contributed by atoms with Crippen LogP contribution in [0, 0.1) is 0 Å². The smallest absolute Gasteiger partial charge is 0.237 e. The number of hydrogen-bond donors (Lipinski definition) is 1. The van der Waals surface area contributed by atoms with E-state index in [0.29, 0.717) is 5.75 Å². The Hall–Kier alpha value is -2.27. The minimum atomic E-state index is -0.186. The summed E-state index contributed by atoms with van der Waals surface area (Å²) in [4.78, 5) is 26.9. The number of benzene rings is 2. The molecule has 2 heterocycles. The first-order valence-electron chi connectivity index (χ1n) is 8.61. The maximum Gasteiger partial charge on any atom is 0.237 e. The van der Waals surface area contributed by atoms with Gasteiger partial charge in [-0.1, -0.05) is 36.4 Å². The van der Waals surface area contributed by atoms with E-state index in [9.17, 15) is 9.59 Å². The summed E-state index contributed by atoms with van der Waals surface area (Å²) >= 11 is 1.46. The van der Waals surface area contributed by atoms with Crippen molar-refractivity contribution in [2.45, 2.75) is 24.5 Å². The number of nitrogens with zero attached hydrogens (tertiary/aromatic N) is 1. The van der Waals surface area contributed by atoms with Gasteiger partial charge in [-0.05, 0) is 42.5 Å². The molecule has 0 saturated heterocycles. The highest BCUT2D eigenvalue weighted by molar-refractivity contribution is 8.01. The lowest BCUT2D eigenvalue weighted by Gasteiger charge is -2.19. The van der Waals surface area contributed by atoms with Gasteiger partial charge >= 0.3 is 0 Å². The lowest BCUT2D eigenvalue weighted by molar-refractivity contribution is -0.116. The van der Waals surface area contributed by atoms with E-state index < -0.39 is 0 Å². The Kier molecular flexibility index (Phi) is 4.49. The van der Waals surface area contributed by atoms with E-state index >= 15 is 0 Å². The molecule has 2 aromatic rings. The lowest BCUT2D eigenvalue weighted by atomic mass is 10.1. The molecule has 5 heteroatoms. The van der Waals surface area contributed by atoms with Crippen LogP contribution in [0.2, 0.25) is 0 Å². The third kappa shape index (κ3) is 3.29. The maximum atomic E-state index is 12.6. The molecule has 25 heavy (non-hydrogen) atoms. The van der Waals surface area contributed by atoms with Gasteiger partial charge in [0.25, 0.3) is 0 Å². The van der Waals surface area contributed by atoms with Gasteiger partial charge in [0, 0.05) is 17.9 Å². The number of carbonyl (C=O) groups excluding carboxylic acids is 2. The summed E-state index contributed by atoms with van der Waals surface area (Å²) < 4.78 is 0. The van der Waals surface area contributed by atoms with E-state index in [1.807, 2.05) is 41.3 Å². The summed E-state index contributed by atoms with van der Waals surface area (Å²) in [5, 5.41) is 2.81. The number of aryl methyl sites for hydroxylation is 1. The predicted octanol–water partition coefficient (Wildman–Crippen LogP) is 3.26. The number of hydrogen-bond acceptors (Lipinski definition) is 3. The number of para-hydroxylation sites is 2. The Labute approximate surface area is 151 Å². The van der Waals surface area contributed by atoms with Gasteiger partial charge < -0.3 is 10.2 Å². The number of thioether (sulfide) groups is 1. The van der Waals surface area contributed by atoms with E-state index in [0.717, 1.165) is 37.2 Å². The van der Waals surface area contributed by atoms with E-state index in [1.165, 1.54) is 22.9 Å². The van der Waals surface area contributed by atoms with E-state index in [4.69, 9.17) is 0 Å². The van der Waals surface area contributed by atoms with Crippen molar-refractivity contribution in [3.8, 4) is 0 Å². The maximum absolute atomic E-state index is 12.6. The summed E-state index contributed by atoms with van der Waals surface area (Å²) in [6, 6.07) is 16.0. The van der Waals surface area contributed by atoms with Crippen LogP contribution in [-0.2, 0) is 22.4 Å². The summed E-state index contributed by atoms with van der Waals surface area (Å²) in [5.41, 5.74) is 4.31. The van der Waals surface area contributed by atoms with Crippen LogP contribution < -0.4 is 10.2 Å². The Morgan fingerprint density at radius 2 is 1.84 bits per heavy atom. The zero-order valence-corrected chi connectivity index (χ0v) is 14.7. The van der Waals surface area contributed by atoms with Gasteiger partial charge in [-0.25, -0.2) is 0 Å². The summed E-state index contributed by atoms with van der Waals surface area (Å²) in [6.07, 6.45) is 2.52. The highest BCUT2D eigenvalue weighted by Gasteiger charge is 2.28. The van der Waals surface area contributed by atoms with Gasteiger partial charge in [-0.3, -0.25) is 9.59 Å². The van der Waals surface area contributed by atoms with Gasteiger partial charge in [0.15, 0.2) is 0 Å². The molecule has 2 aliphatic rings. The molecular weight excluding hydrogens is 332 g/mol. The molecule has 0 aliphatic carbocycles. The van der Waals surface area contributed by atoms with Gasteiger partial charge in [0.2, 0.25) is 11.8 Å². The monoisotopic (exact) mass is 352 g/mol.